The lowest BCUT2D eigenvalue weighted by Crippen LogP contribution is -2.06. The fourth-order valence-electron chi connectivity index (χ4n) is 1.70. The first-order chi connectivity index (χ1) is 9.88. The van der Waals surface area contributed by atoms with Crippen LogP contribution in [-0.4, -0.2) is 4.92 Å². The van der Waals surface area contributed by atoms with Gasteiger partial charge in [0, 0.05) is 12.1 Å². The topological polar surface area (TPSA) is 55.2 Å². The van der Waals surface area contributed by atoms with Crippen molar-refractivity contribution in [2.75, 3.05) is 5.32 Å². The van der Waals surface area contributed by atoms with Crippen LogP contribution in [0.5, 0.6) is 0 Å². The maximum atomic E-state index is 13.6. The Kier molecular flexibility index (Phi) is 4.06. The molecule has 0 bridgehead atoms. The van der Waals surface area contributed by atoms with E-state index in [9.17, 15) is 27.7 Å². The molecular weight excluding hydrogens is 292 g/mol. The smallest absolute Gasteiger partial charge is 0.275 e. The molecule has 2 aromatic carbocycles. The van der Waals surface area contributed by atoms with E-state index >= 15 is 0 Å². The van der Waals surface area contributed by atoms with E-state index in [1.54, 1.807) is 0 Å². The number of hydrogen-bond donors (Lipinski definition) is 1. The minimum Gasteiger partial charge on any atom is -0.376 e. The molecule has 0 amide bonds. The molecule has 0 saturated carbocycles. The zero-order valence-corrected chi connectivity index (χ0v) is 10.4. The summed E-state index contributed by atoms with van der Waals surface area (Å²) >= 11 is 0. The Balaban J connectivity index is 2.24. The quantitative estimate of drug-likeness (QED) is 0.531. The summed E-state index contributed by atoms with van der Waals surface area (Å²) in [6.07, 6.45) is 0. The number of benzene rings is 2. The maximum absolute atomic E-state index is 13.6. The third-order valence-electron chi connectivity index (χ3n) is 2.70. The lowest BCUT2D eigenvalue weighted by atomic mass is 10.2. The van der Waals surface area contributed by atoms with Gasteiger partial charge in [0.2, 0.25) is 0 Å². The lowest BCUT2D eigenvalue weighted by molar-refractivity contribution is -0.385. The van der Waals surface area contributed by atoms with Crippen molar-refractivity contribution in [3.63, 3.8) is 0 Å². The number of hydrogen-bond acceptors (Lipinski definition) is 3. The van der Waals surface area contributed by atoms with Crippen LogP contribution >= 0.6 is 0 Å². The van der Waals surface area contributed by atoms with Crippen molar-refractivity contribution in [1.82, 2.24) is 0 Å². The van der Waals surface area contributed by atoms with E-state index in [4.69, 9.17) is 0 Å². The summed E-state index contributed by atoms with van der Waals surface area (Å²) in [7, 11) is 0. The first-order valence-corrected chi connectivity index (χ1v) is 5.69. The van der Waals surface area contributed by atoms with E-state index in [1.807, 2.05) is 0 Å². The van der Waals surface area contributed by atoms with Crippen LogP contribution in [0.25, 0.3) is 0 Å². The van der Waals surface area contributed by atoms with Crippen LogP contribution in [0, 0.1) is 33.4 Å². The predicted molar refractivity (Wildman–Crippen MR) is 66.7 cm³/mol. The Morgan fingerprint density at radius 2 is 1.62 bits per heavy atom. The SMILES string of the molecule is O=[N+]([O-])c1cc(F)c(NCc2cc(F)ccc2F)c(F)c1. The largest absolute Gasteiger partial charge is 0.376 e. The van der Waals surface area contributed by atoms with E-state index in [2.05, 4.69) is 5.32 Å². The van der Waals surface area contributed by atoms with Gasteiger partial charge in [0.25, 0.3) is 5.69 Å². The summed E-state index contributed by atoms with van der Waals surface area (Å²) in [5.41, 5.74) is -1.52. The molecule has 0 aliphatic carbocycles. The Bertz CT molecular complexity index is 684. The Hall–Kier alpha value is -2.64. The highest BCUT2D eigenvalue weighted by atomic mass is 19.1. The lowest BCUT2D eigenvalue weighted by Gasteiger charge is -2.09. The van der Waals surface area contributed by atoms with Crippen molar-refractivity contribution in [3.8, 4) is 0 Å². The van der Waals surface area contributed by atoms with Gasteiger partial charge in [0.15, 0.2) is 11.6 Å². The van der Waals surface area contributed by atoms with Gasteiger partial charge < -0.3 is 5.32 Å². The van der Waals surface area contributed by atoms with Crippen molar-refractivity contribution in [2.45, 2.75) is 6.54 Å². The minimum atomic E-state index is -1.20. The van der Waals surface area contributed by atoms with Gasteiger partial charge in [-0.3, -0.25) is 10.1 Å². The predicted octanol–water partition coefficient (Wildman–Crippen LogP) is 3.76. The summed E-state index contributed by atoms with van der Waals surface area (Å²) in [6.45, 7) is -0.380. The molecule has 0 aromatic heterocycles. The summed E-state index contributed by atoms with van der Waals surface area (Å²) < 4.78 is 53.5. The third-order valence-corrected chi connectivity index (χ3v) is 2.70. The van der Waals surface area contributed by atoms with Gasteiger partial charge in [-0.25, -0.2) is 17.6 Å². The zero-order valence-electron chi connectivity index (χ0n) is 10.4. The molecule has 0 unspecified atom stereocenters. The van der Waals surface area contributed by atoms with Gasteiger partial charge >= 0.3 is 0 Å². The second-order valence-corrected chi connectivity index (χ2v) is 4.13. The number of non-ortho nitro benzene ring substituents is 1. The first kappa shape index (κ1) is 14.8. The maximum Gasteiger partial charge on any atom is 0.275 e. The number of rotatable bonds is 4. The molecule has 1 N–H and O–H groups in total. The molecule has 0 saturated heterocycles. The second-order valence-electron chi connectivity index (χ2n) is 4.13. The molecule has 21 heavy (non-hydrogen) atoms. The highest BCUT2D eigenvalue weighted by Gasteiger charge is 2.17. The van der Waals surface area contributed by atoms with Crippen LogP contribution in [0.2, 0.25) is 0 Å². The van der Waals surface area contributed by atoms with Crippen molar-refractivity contribution in [1.29, 1.82) is 0 Å². The van der Waals surface area contributed by atoms with Gasteiger partial charge in [0.1, 0.15) is 17.3 Å². The van der Waals surface area contributed by atoms with E-state index in [-0.39, 0.29) is 12.1 Å². The van der Waals surface area contributed by atoms with Crippen LogP contribution < -0.4 is 5.32 Å². The second kappa shape index (κ2) is 5.78. The van der Waals surface area contributed by atoms with Crippen molar-refractivity contribution in [3.05, 3.63) is 69.3 Å². The van der Waals surface area contributed by atoms with Crippen LogP contribution in [-0.2, 0) is 6.54 Å². The summed E-state index contributed by atoms with van der Waals surface area (Å²) in [6, 6.07) is 3.74. The molecule has 0 fully saturated rings. The van der Waals surface area contributed by atoms with E-state index < -0.39 is 39.6 Å². The van der Waals surface area contributed by atoms with Gasteiger partial charge in [0.05, 0.1) is 17.1 Å². The number of halogens is 4. The van der Waals surface area contributed by atoms with Gasteiger partial charge in [-0.2, -0.15) is 0 Å². The van der Waals surface area contributed by atoms with Gasteiger partial charge in [-0.15, -0.1) is 0 Å². The van der Waals surface area contributed by atoms with Gasteiger partial charge in [-0.05, 0) is 18.2 Å². The van der Waals surface area contributed by atoms with Crippen LogP contribution in [0.4, 0.5) is 28.9 Å². The number of nitro benzene ring substituents is 1. The summed E-state index contributed by atoms with van der Waals surface area (Å²) in [5, 5.41) is 12.7. The molecule has 0 atom stereocenters. The van der Waals surface area contributed by atoms with Crippen LogP contribution in [0.1, 0.15) is 5.56 Å². The number of nitrogens with zero attached hydrogens (tertiary/aromatic N) is 1. The van der Waals surface area contributed by atoms with Gasteiger partial charge in [-0.1, -0.05) is 0 Å². The molecule has 8 heteroatoms. The highest BCUT2D eigenvalue weighted by molar-refractivity contribution is 5.52. The standard InChI is InChI=1S/C13H8F4N2O2/c14-8-1-2-10(15)7(3-8)6-18-13-11(16)4-9(19(20)21)5-12(13)17/h1-5,18H,6H2. The van der Waals surface area contributed by atoms with Crippen molar-refractivity contribution < 1.29 is 22.5 Å². The highest BCUT2D eigenvalue weighted by Crippen LogP contribution is 2.25. The minimum absolute atomic E-state index is 0.132. The van der Waals surface area contributed by atoms with E-state index in [0.29, 0.717) is 12.1 Å². The number of nitrogens with one attached hydrogen (secondary N) is 1. The fraction of sp³-hybridized carbons (Fsp3) is 0.0769. The molecular formula is C13H8F4N2O2. The molecule has 0 aliphatic heterocycles. The van der Waals surface area contributed by atoms with Crippen LogP contribution in [0.3, 0.4) is 0 Å². The van der Waals surface area contributed by atoms with Crippen molar-refractivity contribution in [2.24, 2.45) is 0 Å². The Morgan fingerprint density at radius 3 is 2.19 bits per heavy atom. The fourth-order valence-corrected chi connectivity index (χ4v) is 1.70. The normalized spacial score (nSPS) is 10.5. The summed E-state index contributed by atoms with van der Waals surface area (Å²) in [5.74, 6) is -3.83. The monoisotopic (exact) mass is 300 g/mol. The number of anilines is 1. The molecule has 0 spiro atoms. The molecule has 2 aromatic rings. The van der Waals surface area contributed by atoms with Crippen LogP contribution in [0.15, 0.2) is 30.3 Å². The zero-order chi connectivity index (χ0) is 15.6. The van der Waals surface area contributed by atoms with E-state index in [1.165, 1.54) is 0 Å². The average Bonchev–Trinajstić information content (AvgIpc) is 2.41. The Labute approximate surface area is 116 Å². The van der Waals surface area contributed by atoms with Crippen molar-refractivity contribution >= 4 is 11.4 Å². The third kappa shape index (κ3) is 3.28. The molecule has 2 rings (SSSR count). The number of nitro groups is 1. The molecule has 0 aliphatic rings. The Morgan fingerprint density at radius 1 is 1.00 bits per heavy atom. The van der Waals surface area contributed by atoms with E-state index in [0.717, 1.165) is 18.2 Å². The molecule has 110 valence electrons. The first-order valence-electron chi connectivity index (χ1n) is 5.69. The molecule has 0 heterocycles. The molecule has 4 nitrogen and oxygen atoms in total. The summed E-state index contributed by atoms with van der Waals surface area (Å²) in [4.78, 5) is 9.50. The molecule has 0 radical (unpaired) electrons. The average molecular weight is 300 g/mol.